The highest BCUT2D eigenvalue weighted by molar-refractivity contribution is 7.99. The molecular formula is C24H19S2+. The van der Waals surface area contributed by atoms with Crippen LogP contribution in [0.15, 0.2) is 140 Å². The largest absolute Gasteiger partial charge is 0.167 e. The van der Waals surface area contributed by atoms with E-state index in [9.17, 15) is 0 Å². The first kappa shape index (κ1) is 17.0. The van der Waals surface area contributed by atoms with Crippen LogP contribution in [-0.4, -0.2) is 0 Å². The Morgan fingerprint density at radius 1 is 0.423 bits per heavy atom. The van der Waals surface area contributed by atoms with Gasteiger partial charge in [0.25, 0.3) is 0 Å². The van der Waals surface area contributed by atoms with Crippen molar-refractivity contribution in [2.75, 3.05) is 0 Å². The zero-order chi connectivity index (χ0) is 17.6. The first-order valence-corrected chi connectivity index (χ1v) is 10.6. The van der Waals surface area contributed by atoms with E-state index in [0.717, 1.165) is 0 Å². The van der Waals surface area contributed by atoms with E-state index in [-0.39, 0.29) is 10.9 Å². The highest BCUT2D eigenvalue weighted by atomic mass is 32.2. The second kappa shape index (κ2) is 8.31. The van der Waals surface area contributed by atoms with E-state index in [1.54, 1.807) is 0 Å². The van der Waals surface area contributed by atoms with Crippen LogP contribution >= 0.6 is 11.8 Å². The Morgan fingerprint density at radius 3 is 1.46 bits per heavy atom. The van der Waals surface area contributed by atoms with E-state index >= 15 is 0 Å². The van der Waals surface area contributed by atoms with E-state index in [2.05, 4.69) is 115 Å². The maximum atomic E-state index is 2.33. The van der Waals surface area contributed by atoms with Crippen LogP contribution in [0.25, 0.3) is 0 Å². The summed E-state index contributed by atoms with van der Waals surface area (Å²) in [5, 5.41) is 0. The molecule has 0 amide bonds. The highest BCUT2D eigenvalue weighted by Crippen LogP contribution is 2.34. The van der Waals surface area contributed by atoms with Crippen molar-refractivity contribution < 1.29 is 0 Å². The molecule has 0 atom stereocenters. The zero-order valence-corrected chi connectivity index (χ0v) is 15.9. The van der Waals surface area contributed by atoms with Gasteiger partial charge in [0.1, 0.15) is 0 Å². The minimum absolute atomic E-state index is 0.0962. The summed E-state index contributed by atoms with van der Waals surface area (Å²) in [6.45, 7) is 0. The first-order chi connectivity index (χ1) is 12.9. The molecule has 0 N–H and O–H groups in total. The summed E-state index contributed by atoms with van der Waals surface area (Å²) >= 11 is 1.81. The van der Waals surface area contributed by atoms with E-state index in [4.69, 9.17) is 0 Å². The number of rotatable bonds is 5. The lowest BCUT2D eigenvalue weighted by atomic mass is 10.3. The molecule has 0 aromatic heterocycles. The molecule has 0 unspecified atom stereocenters. The Kier molecular flexibility index (Phi) is 5.44. The summed E-state index contributed by atoms with van der Waals surface area (Å²) in [5.74, 6) is 0. The summed E-state index contributed by atoms with van der Waals surface area (Å²) in [5.41, 5.74) is 0. The smallest absolute Gasteiger partial charge is 0.0899 e. The van der Waals surface area contributed by atoms with Gasteiger partial charge in [-0.1, -0.05) is 72.4 Å². The fourth-order valence-electron chi connectivity index (χ4n) is 2.81. The maximum Gasteiger partial charge on any atom is 0.167 e. The molecule has 0 aliphatic rings. The third-order valence-electron chi connectivity index (χ3n) is 3.98. The Bertz CT molecular complexity index is 911. The van der Waals surface area contributed by atoms with Crippen LogP contribution in [0.2, 0.25) is 0 Å². The number of benzene rings is 4. The van der Waals surface area contributed by atoms with Crippen LogP contribution in [0, 0.1) is 0 Å². The van der Waals surface area contributed by atoms with Gasteiger partial charge in [0.2, 0.25) is 0 Å². The van der Waals surface area contributed by atoms with Gasteiger partial charge in [-0.15, -0.1) is 0 Å². The fraction of sp³-hybridized carbons (Fsp3) is 0. The molecule has 4 aromatic rings. The molecule has 0 spiro atoms. The monoisotopic (exact) mass is 371 g/mol. The van der Waals surface area contributed by atoms with Gasteiger partial charge >= 0.3 is 0 Å². The van der Waals surface area contributed by atoms with Crippen molar-refractivity contribution in [3.05, 3.63) is 115 Å². The van der Waals surface area contributed by atoms with Crippen LogP contribution in [0.3, 0.4) is 0 Å². The standard InChI is InChI=1S/C24H19S2/c1-4-11-20(12-5-1)25-21-13-10-18-24(19-21)26(22-14-6-2-7-15-22)23-16-8-3-9-17-23/h1-19H/q+1. The van der Waals surface area contributed by atoms with Crippen molar-refractivity contribution in [3.63, 3.8) is 0 Å². The molecule has 126 valence electrons. The molecule has 0 radical (unpaired) electrons. The molecule has 0 nitrogen and oxygen atoms in total. The lowest BCUT2D eigenvalue weighted by Gasteiger charge is -2.09. The Labute approximate surface area is 162 Å². The lowest BCUT2D eigenvalue weighted by Crippen LogP contribution is -2.04. The average Bonchev–Trinajstić information content (AvgIpc) is 2.71. The van der Waals surface area contributed by atoms with Gasteiger partial charge < -0.3 is 0 Å². The summed E-state index contributed by atoms with van der Waals surface area (Å²) < 4.78 is 0. The van der Waals surface area contributed by atoms with Crippen molar-refractivity contribution in [1.29, 1.82) is 0 Å². The van der Waals surface area contributed by atoms with Crippen LogP contribution in [0.4, 0.5) is 0 Å². The topological polar surface area (TPSA) is 0 Å². The molecule has 0 saturated heterocycles. The predicted molar refractivity (Wildman–Crippen MR) is 112 cm³/mol. The van der Waals surface area contributed by atoms with Crippen LogP contribution < -0.4 is 0 Å². The molecule has 4 aromatic carbocycles. The van der Waals surface area contributed by atoms with Crippen LogP contribution in [0.5, 0.6) is 0 Å². The Morgan fingerprint density at radius 2 is 0.885 bits per heavy atom. The van der Waals surface area contributed by atoms with Gasteiger partial charge in [0.05, 0.1) is 10.9 Å². The van der Waals surface area contributed by atoms with Gasteiger partial charge in [0.15, 0.2) is 14.7 Å². The average molecular weight is 372 g/mol. The SMILES string of the molecule is c1ccc(Sc2cccc([S+](c3ccccc3)c3ccccc3)c2)cc1. The van der Waals surface area contributed by atoms with E-state index in [1.807, 2.05) is 11.8 Å². The van der Waals surface area contributed by atoms with Crippen LogP contribution in [0.1, 0.15) is 0 Å². The minimum atomic E-state index is -0.0962. The third-order valence-corrected chi connectivity index (χ3v) is 7.19. The number of hydrogen-bond donors (Lipinski definition) is 0. The van der Waals surface area contributed by atoms with Crippen LogP contribution in [-0.2, 0) is 10.9 Å². The van der Waals surface area contributed by atoms with Crippen molar-refractivity contribution in [2.45, 2.75) is 24.5 Å². The molecule has 0 saturated carbocycles. The van der Waals surface area contributed by atoms with E-state index < -0.39 is 0 Å². The molecule has 0 bridgehead atoms. The number of hydrogen-bond acceptors (Lipinski definition) is 1. The second-order valence-corrected chi connectivity index (χ2v) is 9.00. The van der Waals surface area contributed by atoms with Crippen molar-refractivity contribution in [3.8, 4) is 0 Å². The molecular weight excluding hydrogens is 352 g/mol. The summed E-state index contributed by atoms with van der Waals surface area (Å²) in [6.07, 6.45) is 0. The molecule has 0 aliphatic carbocycles. The van der Waals surface area contributed by atoms with Crippen molar-refractivity contribution in [2.24, 2.45) is 0 Å². The first-order valence-electron chi connectivity index (χ1n) is 8.57. The normalized spacial score (nSPS) is 10.8. The van der Waals surface area contributed by atoms with Gasteiger partial charge in [0, 0.05) is 15.9 Å². The Balaban J connectivity index is 1.73. The van der Waals surface area contributed by atoms with Gasteiger partial charge in [-0.25, -0.2) is 0 Å². The predicted octanol–water partition coefficient (Wildman–Crippen LogP) is 6.93. The summed E-state index contributed by atoms with van der Waals surface area (Å²) in [6, 6.07) is 41.1. The van der Waals surface area contributed by atoms with E-state index in [1.165, 1.54) is 24.5 Å². The zero-order valence-electron chi connectivity index (χ0n) is 14.3. The fourth-order valence-corrected chi connectivity index (χ4v) is 5.92. The highest BCUT2D eigenvalue weighted by Gasteiger charge is 2.28. The Hall–Kier alpha value is -2.42. The van der Waals surface area contributed by atoms with Gasteiger partial charge in [-0.3, -0.25) is 0 Å². The molecule has 26 heavy (non-hydrogen) atoms. The maximum absolute atomic E-state index is 2.33. The summed E-state index contributed by atoms with van der Waals surface area (Å²) in [7, 11) is -0.0962. The minimum Gasteiger partial charge on any atom is -0.0899 e. The van der Waals surface area contributed by atoms with Gasteiger partial charge in [-0.05, 0) is 48.5 Å². The molecule has 0 fully saturated rings. The van der Waals surface area contributed by atoms with Crippen molar-refractivity contribution in [1.82, 2.24) is 0 Å². The lowest BCUT2D eigenvalue weighted by molar-refractivity contribution is 1.27. The van der Waals surface area contributed by atoms with Crippen molar-refractivity contribution >= 4 is 22.7 Å². The molecule has 0 heterocycles. The van der Waals surface area contributed by atoms with Gasteiger partial charge in [-0.2, -0.15) is 0 Å². The molecule has 2 heteroatoms. The van der Waals surface area contributed by atoms with E-state index in [0.29, 0.717) is 0 Å². The molecule has 0 aliphatic heterocycles. The summed E-state index contributed by atoms with van der Waals surface area (Å²) in [4.78, 5) is 6.59. The molecule has 4 rings (SSSR count). The third kappa shape index (κ3) is 4.04. The second-order valence-electron chi connectivity index (χ2n) is 5.82. The quantitative estimate of drug-likeness (QED) is 0.343.